The van der Waals surface area contributed by atoms with Crippen LogP contribution in [0.3, 0.4) is 0 Å². The van der Waals surface area contributed by atoms with Crippen LogP contribution in [0.15, 0.2) is 42.5 Å². The van der Waals surface area contributed by atoms with Gasteiger partial charge in [0.15, 0.2) is 0 Å². The van der Waals surface area contributed by atoms with Crippen LogP contribution in [0.4, 0.5) is 17.1 Å². The van der Waals surface area contributed by atoms with E-state index >= 15 is 0 Å². The number of rotatable bonds is 5. The Balaban J connectivity index is 2.11. The molecule has 7 nitrogen and oxygen atoms in total. The van der Waals surface area contributed by atoms with E-state index < -0.39 is 10.8 Å². The molecule has 0 saturated heterocycles. The molecule has 2 aromatic rings. The standard InChI is InChI=1S/C17H13Cl2N3O4/c1-10(23)20-15-9-12(4-6-13(15)18)21-17(24)7-3-11-2-5-14(19)16(8-11)22(25)26/h2-9H,1H3,(H,20,23)(H,21,24). The number of nitrogens with zero attached hydrogens (tertiary/aromatic N) is 1. The number of benzene rings is 2. The highest BCUT2D eigenvalue weighted by Crippen LogP contribution is 2.26. The zero-order valence-corrected chi connectivity index (χ0v) is 15.0. The van der Waals surface area contributed by atoms with Crippen LogP contribution in [0.1, 0.15) is 12.5 Å². The second kappa shape index (κ2) is 8.46. The quantitative estimate of drug-likeness (QED) is 0.443. The lowest BCUT2D eigenvalue weighted by Gasteiger charge is -2.08. The summed E-state index contributed by atoms with van der Waals surface area (Å²) in [5, 5.41) is 16.4. The highest BCUT2D eigenvalue weighted by molar-refractivity contribution is 6.34. The molecular weight excluding hydrogens is 381 g/mol. The van der Waals surface area contributed by atoms with Crippen LogP contribution in [0.2, 0.25) is 10.0 Å². The first-order valence-electron chi connectivity index (χ1n) is 7.26. The summed E-state index contributed by atoms with van der Waals surface area (Å²) in [6.45, 7) is 1.34. The Morgan fingerprint density at radius 3 is 2.42 bits per heavy atom. The molecule has 0 aliphatic heterocycles. The Bertz CT molecular complexity index is 913. The summed E-state index contributed by atoms with van der Waals surface area (Å²) in [6, 6.07) is 8.83. The lowest BCUT2D eigenvalue weighted by molar-refractivity contribution is -0.384. The van der Waals surface area contributed by atoms with Gasteiger partial charge in [-0.3, -0.25) is 19.7 Å². The molecule has 0 saturated carbocycles. The number of amides is 2. The first-order valence-corrected chi connectivity index (χ1v) is 8.02. The lowest BCUT2D eigenvalue weighted by Crippen LogP contribution is -2.10. The molecule has 2 amide bonds. The smallest absolute Gasteiger partial charge is 0.288 e. The average molecular weight is 394 g/mol. The third-order valence-corrected chi connectivity index (χ3v) is 3.79. The van der Waals surface area contributed by atoms with Crippen molar-refractivity contribution in [1.82, 2.24) is 0 Å². The van der Waals surface area contributed by atoms with Crippen LogP contribution < -0.4 is 10.6 Å². The summed E-state index contributed by atoms with van der Waals surface area (Å²) >= 11 is 11.7. The largest absolute Gasteiger partial charge is 0.325 e. The normalized spacial score (nSPS) is 10.6. The molecule has 0 spiro atoms. The zero-order valence-electron chi connectivity index (χ0n) is 13.5. The minimum Gasteiger partial charge on any atom is -0.325 e. The second-order valence-corrected chi connectivity index (χ2v) is 5.98. The molecule has 0 aliphatic carbocycles. The minimum atomic E-state index is -0.600. The van der Waals surface area contributed by atoms with Gasteiger partial charge >= 0.3 is 0 Å². The number of hydrogen-bond acceptors (Lipinski definition) is 4. The Kier molecular flexibility index (Phi) is 6.32. The van der Waals surface area contributed by atoms with Gasteiger partial charge in [-0.2, -0.15) is 0 Å². The van der Waals surface area contributed by atoms with Crippen LogP contribution >= 0.6 is 23.2 Å². The minimum absolute atomic E-state index is 0.0169. The van der Waals surface area contributed by atoms with Crippen molar-refractivity contribution in [1.29, 1.82) is 0 Å². The summed E-state index contributed by atoms with van der Waals surface area (Å²) in [4.78, 5) is 33.4. The van der Waals surface area contributed by atoms with E-state index in [-0.39, 0.29) is 16.6 Å². The molecule has 26 heavy (non-hydrogen) atoms. The molecule has 9 heteroatoms. The maximum atomic E-state index is 12.0. The molecule has 0 unspecified atom stereocenters. The van der Waals surface area contributed by atoms with Gasteiger partial charge in [-0.25, -0.2) is 0 Å². The van der Waals surface area contributed by atoms with Crippen molar-refractivity contribution in [2.24, 2.45) is 0 Å². The van der Waals surface area contributed by atoms with Crippen LogP contribution in [0.25, 0.3) is 6.08 Å². The Morgan fingerprint density at radius 1 is 1.08 bits per heavy atom. The van der Waals surface area contributed by atoms with Crippen molar-refractivity contribution in [2.45, 2.75) is 6.92 Å². The maximum absolute atomic E-state index is 12.0. The predicted octanol–water partition coefficient (Wildman–Crippen LogP) is 4.51. The fraction of sp³-hybridized carbons (Fsp3) is 0.0588. The molecule has 2 aromatic carbocycles. The van der Waals surface area contributed by atoms with Gasteiger partial charge in [-0.05, 0) is 35.9 Å². The fourth-order valence-corrected chi connectivity index (χ4v) is 2.37. The van der Waals surface area contributed by atoms with Gasteiger partial charge in [-0.15, -0.1) is 0 Å². The summed E-state index contributed by atoms with van der Waals surface area (Å²) < 4.78 is 0. The fourth-order valence-electron chi connectivity index (χ4n) is 2.02. The average Bonchev–Trinajstić information content (AvgIpc) is 2.56. The highest BCUT2D eigenvalue weighted by atomic mass is 35.5. The van der Waals surface area contributed by atoms with E-state index in [9.17, 15) is 19.7 Å². The Labute approximate surface area is 158 Å². The van der Waals surface area contributed by atoms with Crippen molar-refractivity contribution in [2.75, 3.05) is 10.6 Å². The first kappa shape index (κ1) is 19.4. The third-order valence-electron chi connectivity index (χ3n) is 3.14. The van der Waals surface area contributed by atoms with E-state index in [1.807, 2.05) is 0 Å². The summed E-state index contributed by atoms with van der Waals surface area (Å²) in [6.07, 6.45) is 2.64. The van der Waals surface area contributed by atoms with Gasteiger partial charge in [0.25, 0.3) is 5.69 Å². The second-order valence-electron chi connectivity index (χ2n) is 5.17. The Morgan fingerprint density at radius 2 is 1.77 bits per heavy atom. The number of hydrogen-bond donors (Lipinski definition) is 2. The zero-order chi connectivity index (χ0) is 19.3. The van der Waals surface area contributed by atoms with Crippen LogP contribution in [-0.4, -0.2) is 16.7 Å². The number of nitro groups is 1. The van der Waals surface area contributed by atoms with Crippen molar-refractivity contribution in [3.8, 4) is 0 Å². The van der Waals surface area contributed by atoms with Gasteiger partial charge in [0.2, 0.25) is 11.8 Å². The highest BCUT2D eigenvalue weighted by Gasteiger charge is 2.12. The van der Waals surface area contributed by atoms with E-state index in [4.69, 9.17) is 23.2 Å². The van der Waals surface area contributed by atoms with Gasteiger partial charge in [-0.1, -0.05) is 29.3 Å². The molecule has 0 bridgehead atoms. The number of anilines is 2. The van der Waals surface area contributed by atoms with E-state index in [0.717, 1.165) is 0 Å². The van der Waals surface area contributed by atoms with Gasteiger partial charge in [0.05, 0.1) is 15.6 Å². The molecule has 0 aromatic heterocycles. The molecule has 0 fully saturated rings. The summed E-state index contributed by atoms with van der Waals surface area (Å²) in [7, 11) is 0. The molecule has 2 N–H and O–H groups in total. The van der Waals surface area contributed by atoms with Gasteiger partial charge in [0.1, 0.15) is 5.02 Å². The monoisotopic (exact) mass is 393 g/mol. The predicted molar refractivity (Wildman–Crippen MR) is 102 cm³/mol. The van der Waals surface area contributed by atoms with Gasteiger partial charge in [0, 0.05) is 24.8 Å². The molecule has 0 atom stereocenters. The van der Waals surface area contributed by atoms with Crippen molar-refractivity contribution in [3.05, 3.63) is 68.2 Å². The number of nitro benzene ring substituents is 1. The Hall–Kier alpha value is -2.90. The van der Waals surface area contributed by atoms with E-state index in [0.29, 0.717) is 22.0 Å². The molecule has 134 valence electrons. The van der Waals surface area contributed by atoms with Crippen molar-refractivity contribution >= 4 is 58.2 Å². The summed E-state index contributed by atoms with van der Waals surface area (Å²) in [5.74, 6) is -0.752. The van der Waals surface area contributed by atoms with Crippen LogP contribution in [0.5, 0.6) is 0 Å². The van der Waals surface area contributed by atoms with E-state index in [1.54, 1.807) is 12.1 Å². The number of halogens is 2. The topological polar surface area (TPSA) is 101 Å². The van der Waals surface area contributed by atoms with E-state index in [1.165, 1.54) is 43.3 Å². The first-order chi connectivity index (χ1) is 12.3. The number of nitrogens with one attached hydrogen (secondary N) is 2. The molecule has 0 aliphatic rings. The number of carbonyl (C=O) groups is 2. The van der Waals surface area contributed by atoms with Gasteiger partial charge < -0.3 is 10.6 Å². The van der Waals surface area contributed by atoms with E-state index in [2.05, 4.69) is 10.6 Å². The maximum Gasteiger partial charge on any atom is 0.288 e. The number of carbonyl (C=O) groups excluding carboxylic acids is 2. The SMILES string of the molecule is CC(=O)Nc1cc(NC(=O)C=Cc2ccc(Cl)c([N+](=O)[O-])c2)ccc1Cl. The molecule has 0 heterocycles. The van der Waals surface area contributed by atoms with Crippen molar-refractivity contribution in [3.63, 3.8) is 0 Å². The molecule has 2 rings (SSSR count). The van der Waals surface area contributed by atoms with Crippen LogP contribution in [0, 0.1) is 10.1 Å². The summed E-state index contributed by atoms with van der Waals surface area (Å²) in [5.41, 5.74) is 1.00. The lowest BCUT2D eigenvalue weighted by atomic mass is 10.2. The van der Waals surface area contributed by atoms with Crippen molar-refractivity contribution < 1.29 is 14.5 Å². The molecular formula is C17H13Cl2N3O4. The third kappa shape index (κ3) is 5.30. The van der Waals surface area contributed by atoms with Crippen LogP contribution in [-0.2, 0) is 9.59 Å². The molecule has 0 radical (unpaired) electrons.